The van der Waals surface area contributed by atoms with Crippen molar-refractivity contribution >= 4 is 11.0 Å². The van der Waals surface area contributed by atoms with Crippen LogP contribution in [0.3, 0.4) is 0 Å². The molecular weight excluding hydrogens is 264 g/mol. The van der Waals surface area contributed by atoms with Crippen molar-refractivity contribution in [2.24, 2.45) is 0 Å². The van der Waals surface area contributed by atoms with E-state index in [2.05, 4.69) is 39.1 Å². The van der Waals surface area contributed by atoms with Crippen LogP contribution in [0.5, 0.6) is 0 Å². The van der Waals surface area contributed by atoms with Gasteiger partial charge in [-0.1, -0.05) is 18.2 Å². The predicted octanol–water partition coefficient (Wildman–Crippen LogP) is 2.82. The molecule has 0 aliphatic carbocycles. The van der Waals surface area contributed by atoms with Crippen molar-refractivity contribution in [3.63, 3.8) is 0 Å². The molecule has 2 aromatic heterocycles. The molecule has 0 bridgehead atoms. The number of fused-ring (bicyclic) bond motifs is 2. The normalized spacial score (nSPS) is 15.5. The van der Waals surface area contributed by atoms with E-state index in [-0.39, 0.29) is 6.04 Å². The highest BCUT2D eigenvalue weighted by molar-refractivity contribution is 5.77. The van der Waals surface area contributed by atoms with Crippen LogP contribution in [0.15, 0.2) is 34.7 Å². The molecule has 1 N–H and O–H groups in total. The average molecular weight is 282 g/mol. The number of nitrogens with zero attached hydrogens (tertiary/aromatic N) is 3. The molecule has 0 radical (unpaired) electrons. The highest BCUT2D eigenvalue weighted by Crippen LogP contribution is 2.24. The fourth-order valence-corrected chi connectivity index (χ4v) is 2.90. The first-order valence-electron chi connectivity index (χ1n) is 7.44. The molecule has 108 valence electrons. The summed E-state index contributed by atoms with van der Waals surface area (Å²) < 4.78 is 8.11. The van der Waals surface area contributed by atoms with Gasteiger partial charge >= 0.3 is 0 Å². The van der Waals surface area contributed by atoms with Crippen LogP contribution in [-0.4, -0.2) is 14.8 Å². The lowest BCUT2D eigenvalue weighted by Crippen LogP contribution is -2.20. The smallest absolute Gasteiger partial charge is 0.147 e. The van der Waals surface area contributed by atoms with E-state index in [1.54, 1.807) is 0 Å². The van der Waals surface area contributed by atoms with E-state index >= 15 is 0 Å². The lowest BCUT2D eigenvalue weighted by Gasteiger charge is -2.11. The number of hydrogen-bond donors (Lipinski definition) is 1. The molecule has 0 amide bonds. The molecule has 0 fully saturated rings. The molecule has 21 heavy (non-hydrogen) atoms. The number of nitrogens with one attached hydrogen (secondary N) is 1. The van der Waals surface area contributed by atoms with Crippen molar-refractivity contribution < 1.29 is 4.42 Å². The monoisotopic (exact) mass is 282 g/mol. The summed E-state index contributed by atoms with van der Waals surface area (Å²) >= 11 is 0. The van der Waals surface area contributed by atoms with Crippen LogP contribution in [0.4, 0.5) is 0 Å². The van der Waals surface area contributed by atoms with Crippen molar-refractivity contribution in [2.45, 2.75) is 38.9 Å². The number of furan rings is 1. The number of benzene rings is 1. The Morgan fingerprint density at radius 1 is 1.33 bits per heavy atom. The van der Waals surface area contributed by atoms with Gasteiger partial charge in [0.1, 0.15) is 23.0 Å². The molecule has 3 aromatic rings. The summed E-state index contributed by atoms with van der Waals surface area (Å²) in [4.78, 5) is 0. The highest BCUT2D eigenvalue weighted by atomic mass is 16.3. The van der Waals surface area contributed by atoms with Crippen LogP contribution in [-0.2, 0) is 19.5 Å². The number of hydrogen-bond acceptors (Lipinski definition) is 4. The molecule has 3 heterocycles. The summed E-state index contributed by atoms with van der Waals surface area (Å²) in [7, 11) is 0. The first-order valence-corrected chi connectivity index (χ1v) is 7.44. The third-order valence-electron chi connectivity index (χ3n) is 4.12. The van der Waals surface area contributed by atoms with Gasteiger partial charge in [0.05, 0.1) is 12.6 Å². The number of aromatic nitrogens is 3. The third-order valence-corrected chi connectivity index (χ3v) is 4.12. The Labute approximate surface area is 123 Å². The second-order valence-corrected chi connectivity index (χ2v) is 5.58. The van der Waals surface area contributed by atoms with Crippen LogP contribution in [0, 0.1) is 0 Å². The summed E-state index contributed by atoms with van der Waals surface area (Å²) in [6.45, 7) is 3.86. The zero-order chi connectivity index (χ0) is 14.2. The Hall–Kier alpha value is -2.14. The van der Waals surface area contributed by atoms with Gasteiger partial charge in [-0.15, -0.1) is 10.2 Å². The van der Waals surface area contributed by atoms with Crippen LogP contribution in [0.1, 0.15) is 36.8 Å². The molecule has 1 aliphatic heterocycles. The van der Waals surface area contributed by atoms with Crippen LogP contribution in [0.25, 0.3) is 11.0 Å². The Bertz CT molecular complexity index is 741. The highest BCUT2D eigenvalue weighted by Gasteiger charge is 2.18. The molecule has 5 heteroatoms. The Balaban J connectivity index is 1.49. The summed E-state index contributed by atoms with van der Waals surface area (Å²) in [5.41, 5.74) is 0.935. The molecule has 0 saturated carbocycles. The van der Waals surface area contributed by atoms with E-state index < -0.39 is 0 Å². The van der Waals surface area contributed by atoms with E-state index in [4.69, 9.17) is 4.42 Å². The van der Waals surface area contributed by atoms with Crippen molar-refractivity contribution in [3.8, 4) is 0 Å². The van der Waals surface area contributed by atoms with Gasteiger partial charge < -0.3 is 14.3 Å². The third kappa shape index (κ3) is 2.23. The second kappa shape index (κ2) is 5.00. The van der Waals surface area contributed by atoms with Gasteiger partial charge in [-0.25, -0.2) is 0 Å². The predicted molar refractivity (Wildman–Crippen MR) is 79.8 cm³/mol. The Morgan fingerprint density at radius 3 is 3.14 bits per heavy atom. The Kier molecular flexibility index (Phi) is 3.00. The quantitative estimate of drug-likeness (QED) is 0.799. The fourth-order valence-electron chi connectivity index (χ4n) is 2.90. The maximum atomic E-state index is 5.89. The molecule has 0 saturated heterocycles. The van der Waals surface area contributed by atoms with Crippen molar-refractivity contribution in [1.29, 1.82) is 0 Å². The zero-order valence-corrected chi connectivity index (χ0v) is 12.0. The van der Waals surface area contributed by atoms with Crippen molar-refractivity contribution in [3.05, 3.63) is 47.7 Å². The molecule has 1 atom stereocenters. The Morgan fingerprint density at radius 2 is 2.24 bits per heavy atom. The lowest BCUT2D eigenvalue weighted by molar-refractivity contribution is 0.442. The van der Waals surface area contributed by atoms with E-state index in [0.717, 1.165) is 41.3 Å². The first-order chi connectivity index (χ1) is 10.3. The largest absolute Gasteiger partial charge is 0.459 e. The number of rotatable bonds is 4. The van der Waals surface area contributed by atoms with Gasteiger partial charge in [-0.2, -0.15) is 0 Å². The van der Waals surface area contributed by atoms with E-state index in [1.165, 1.54) is 6.42 Å². The molecule has 0 spiro atoms. The minimum Gasteiger partial charge on any atom is -0.459 e. The van der Waals surface area contributed by atoms with Crippen molar-refractivity contribution in [2.75, 3.05) is 0 Å². The molecule has 0 unspecified atom stereocenters. The van der Waals surface area contributed by atoms with E-state index in [9.17, 15) is 0 Å². The van der Waals surface area contributed by atoms with Crippen LogP contribution < -0.4 is 5.32 Å². The summed E-state index contributed by atoms with van der Waals surface area (Å²) in [6.07, 6.45) is 2.23. The van der Waals surface area contributed by atoms with Crippen molar-refractivity contribution in [1.82, 2.24) is 20.1 Å². The SMILES string of the molecule is C[C@H](NCc1nnc2n1CCC2)c1cc2ccccc2o1. The first kappa shape index (κ1) is 12.6. The summed E-state index contributed by atoms with van der Waals surface area (Å²) in [5, 5.41) is 13.1. The molecular formula is C16H18N4O. The maximum absolute atomic E-state index is 5.89. The van der Waals surface area contributed by atoms with Gasteiger partial charge in [0, 0.05) is 18.4 Å². The topological polar surface area (TPSA) is 55.9 Å². The molecule has 5 nitrogen and oxygen atoms in total. The standard InChI is InChI=1S/C16H18N4O/c1-11(14-9-12-5-2-3-6-13(12)21-14)17-10-16-19-18-15-7-4-8-20(15)16/h2-3,5-6,9,11,17H,4,7-8,10H2,1H3/t11-/m0/s1. The van der Waals surface area contributed by atoms with Crippen LogP contribution in [0.2, 0.25) is 0 Å². The fraction of sp³-hybridized carbons (Fsp3) is 0.375. The van der Waals surface area contributed by atoms with Gasteiger partial charge in [0.15, 0.2) is 0 Å². The van der Waals surface area contributed by atoms with Gasteiger partial charge in [0.2, 0.25) is 0 Å². The number of aryl methyl sites for hydroxylation is 1. The molecule has 1 aliphatic rings. The average Bonchev–Trinajstić information content (AvgIpc) is 3.19. The van der Waals surface area contributed by atoms with Gasteiger partial charge in [-0.05, 0) is 25.5 Å². The minimum absolute atomic E-state index is 0.145. The molecule has 1 aromatic carbocycles. The summed E-state index contributed by atoms with van der Waals surface area (Å²) in [5.74, 6) is 3.09. The minimum atomic E-state index is 0.145. The maximum Gasteiger partial charge on any atom is 0.147 e. The van der Waals surface area contributed by atoms with Crippen LogP contribution >= 0.6 is 0 Å². The number of para-hydroxylation sites is 1. The van der Waals surface area contributed by atoms with E-state index in [1.807, 2.05) is 18.2 Å². The lowest BCUT2D eigenvalue weighted by atomic mass is 10.2. The van der Waals surface area contributed by atoms with E-state index in [0.29, 0.717) is 6.54 Å². The summed E-state index contributed by atoms with van der Waals surface area (Å²) in [6, 6.07) is 10.3. The zero-order valence-electron chi connectivity index (χ0n) is 12.0. The molecule has 4 rings (SSSR count). The second-order valence-electron chi connectivity index (χ2n) is 5.58. The van der Waals surface area contributed by atoms with Gasteiger partial charge in [0.25, 0.3) is 0 Å². The van der Waals surface area contributed by atoms with Gasteiger partial charge in [-0.3, -0.25) is 0 Å².